The van der Waals surface area contributed by atoms with Crippen molar-refractivity contribution in [3.05, 3.63) is 0 Å². The van der Waals surface area contributed by atoms with Crippen LogP contribution < -0.4 is 11.1 Å². The summed E-state index contributed by atoms with van der Waals surface area (Å²) in [7, 11) is 0. The van der Waals surface area contributed by atoms with Gasteiger partial charge in [-0.25, -0.2) is 0 Å². The van der Waals surface area contributed by atoms with Gasteiger partial charge in [0.15, 0.2) is 0 Å². The first kappa shape index (κ1) is 15.7. The molecule has 96 valence electrons. The first-order chi connectivity index (χ1) is 6.99. The molecule has 16 heavy (non-hydrogen) atoms. The van der Waals surface area contributed by atoms with E-state index in [4.69, 9.17) is 5.73 Å². The van der Waals surface area contributed by atoms with Gasteiger partial charge in [-0.3, -0.25) is 4.79 Å². The van der Waals surface area contributed by atoms with Gasteiger partial charge in [0.2, 0.25) is 5.91 Å². The van der Waals surface area contributed by atoms with Crippen molar-refractivity contribution in [2.24, 2.45) is 23.0 Å². The Labute approximate surface area is 105 Å². The molecule has 0 aromatic heterocycles. The highest BCUT2D eigenvalue weighted by Gasteiger charge is 2.42. The molecule has 4 heteroatoms. The van der Waals surface area contributed by atoms with Crippen LogP contribution in [-0.4, -0.2) is 19.0 Å². The minimum absolute atomic E-state index is 0. The fourth-order valence-corrected chi connectivity index (χ4v) is 2.05. The molecule has 1 fully saturated rings. The van der Waals surface area contributed by atoms with Gasteiger partial charge in [-0.15, -0.1) is 12.4 Å². The van der Waals surface area contributed by atoms with Crippen LogP contribution in [0.4, 0.5) is 0 Å². The average molecular weight is 249 g/mol. The minimum Gasteiger partial charge on any atom is -0.355 e. The number of amides is 1. The Morgan fingerprint density at radius 1 is 1.38 bits per heavy atom. The Balaban J connectivity index is 0.00000225. The summed E-state index contributed by atoms with van der Waals surface area (Å²) in [5, 5.41) is 3.02. The highest BCUT2D eigenvalue weighted by Crippen LogP contribution is 2.49. The first-order valence-corrected chi connectivity index (χ1v) is 5.97. The molecule has 0 aromatic rings. The molecule has 3 N–H and O–H groups in total. The number of carbonyl (C=O) groups is 1. The fraction of sp³-hybridized carbons (Fsp3) is 0.917. The molecule has 0 saturated heterocycles. The third-order valence-electron chi connectivity index (χ3n) is 3.24. The summed E-state index contributed by atoms with van der Waals surface area (Å²) in [4.78, 5) is 11.5. The maximum atomic E-state index is 11.5. The van der Waals surface area contributed by atoms with Gasteiger partial charge in [-0.05, 0) is 30.6 Å². The van der Waals surface area contributed by atoms with Gasteiger partial charge < -0.3 is 11.1 Å². The van der Waals surface area contributed by atoms with E-state index in [9.17, 15) is 4.79 Å². The van der Waals surface area contributed by atoms with E-state index in [1.165, 1.54) is 19.3 Å². The number of halogens is 1. The molecule has 1 aliphatic carbocycles. The lowest BCUT2D eigenvalue weighted by Gasteiger charge is -2.19. The average Bonchev–Trinajstić information content (AvgIpc) is 2.92. The second-order valence-corrected chi connectivity index (χ2v) is 5.45. The van der Waals surface area contributed by atoms with E-state index in [1.54, 1.807) is 0 Å². The summed E-state index contributed by atoms with van der Waals surface area (Å²) in [6.07, 6.45) is 3.76. The summed E-state index contributed by atoms with van der Waals surface area (Å²) in [6.45, 7) is 7.63. The topological polar surface area (TPSA) is 55.1 Å². The molecule has 0 heterocycles. The smallest absolute Gasteiger partial charge is 0.224 e. The van der Waals surface area contributed by atoms with Crippen LogP contribution in [0.5, 0.6) is 0 Å². The van der Waals surface area contributed by atoms with Gasteiger partial charge in [-0.2, -0.15) is 0 Å². The predicted molar refractivity (Wildman–Crippen MR) is 69.6 cm³/mol. The van der Waals surface area contributed by atoms with E-state index < -0.39 is 0 Å². The maximum absolute atomic E-state index is 11.5. The summed E-state index contributed by atoms with van der Waals surface area (Å²) in [6, 6.07) is 0. The molecule has 3 nitrogen and oxygen atoms in total. The van der Waals surface area contributed by atoms with Crippen molar-refractivity contribution in [1.29, 1.82) is 0 Å². The third kappa shape index (κ3) is 4.71. The molecule has 0 spiro atoms. The van der Waals surface area contributed by atoms with E-state index in [-0.39, 0.29) is 24.2 Å². The number of rotatable bonds is 6. The normalized spacial score (nSPS) is 18.8. The number of carbonyl (C=O) groups excluding carboxylic acids is 1. The zero-order valence-corrected chi connectivity index (χ0v) is 11.4. The van der Waals surface area contributed by atoms with Gasteiger partial charge in [-0.1, -0.05) is 20.8 Å². The summed E-state index contributed by atoms with van der Waals surface area (Å²) < 4.78 is 0. The molecule has 1 amide bonds. The molecule has 0 aliphatic heterocycles. The lowest BCUT2D eigenvalue weighted by atomic mass is 9.94. The lowest BCUT2D eigenvalue weighted by Crippen LogP contribution is -2.37. The molecule has 1 rings (SSSR count). The summed E-state index contributed by atoms with van der Waals surface area (Å²) >= 11 is 0. The zero-order valence-electron chi connectivity index (χ0n) is 10.6. The van der Waals surface area contributed by atoms with Crippen LogP contribution in [0.1, 0.15) is 40.0 Å². The van der Waals surface area contributed by atoms with Gasteiger partial charge >= 0.3 is 0 Å². The number of nitrogens with one attached hydrogen (secondary N) is 1. The third-order valence-corrected chi connectivity index (χ3v) is 3.24. The van der Waals surface area contributed by atoms with Crippen LogP contribution in [-0.2, 0) is 4.79 Å². The summed E-state index contributed by atoms with van der Waals surface area (Å²) in [5.74, 6) is 0.767. The van der Waals surface area contributed by atoms with Crippen molar-refractivity contribution < 1.29 is 4.79 Å². The fourth-order valence-electron chi connectivity index (χ4n) is 2.05. The van der Waals surface area contributed by atoms with Gasteiger partial charge in [0.05, 0.1) is 0 Å². The quantitative estimate of drug-likeness (QED) is 0.755. The van der Waals surface area contributed by atoms with Crippen molar-refractivity contribution in [1.82, 2.24) is 5.32 Å². The molecule has 0 radical (unpaired) electrons. The predicted octanol–water partition coefficient (Wildman–Crippen LogP) is 1.95. The Morgan fingerprint density at radius 3 is 2.31 bits per heavy atom. The Kier molecular flexibility index (Phi) is 6.34. The van der Waals surface area contributed by atoms with Crippen molar-refractivity contribution in [3.63, 3.8) is 0 Å². The maximum Gasteiger partial charge on any atom is 0.224 e. The van der Waals surface area contributed by atoms with Crippen molar-refractivity contribution in [2.75, 3.05) is 13.1 Å². The van der Waals surface area contributed by atoms with Crippen LogP contribution in [0.15, 0.2) is 0 Å². The highest BCUT2D eigenvalue weighted by molar-refractivity contribution is 5.85. The molecular weight excluding hydrogens is 224 g/mol. The summed E-state index contributed by atoms with van der Waals surface area (Å²) in [5.41, 5.74) is 5.86. The van der Waals surface area contributed by atoms with Crippen LogP contribution in [0.25, 0.3) is 0 Å². The molecule has 1 atom stereocenters. The van der Waals surface area contributed by atoms with Gasteiger partial charge in [0, 0.05) is 19.0 Å². The second kappa shape index (κ2) is 6.45. The van der Waals surface area contributed by atoms with E-state index in [0.29, 0.717) is 12.0 Å². The molecular formula is C12H25ClN2O. The van der Waals surface area contributed by atoms with Crippen LogP contribution in [0.2, 0.25) is 0 Å². The standard InChI is InChI=1S/C12H24N2O.ClH/c1-9(2)6-12(4-5-12)8-14-11(15)10(3)7-13;/h9-10H,4-8,13H2,1-3H3,(H,14,15);1H. The zero-order chi connectivity index (χ0) is 11.5. The van der Waals surface area contributed by atoms with Crippen molar-refractivity contribution >= 4 is 18.3 Å². The van der Waals surface area contributed by atoms with Crippen LogP contribution in [0.3, 0.4) is 0 Å². The Hall–Kier alpha value is -0.280. The molecule has 1 unspecified atom stereocenters. The largest absolute Gasteiger partial charge is 0.355 e. The van der Waals surface area contributed by atoms with Gasteiger partial charge in [0.1, 0.15) is 0 Å². The molecule has 0 aromatic carbocycles. The lowest BCUT2D eigenvalue weighted by molar-refractivity contribution is -0.124. The number of hydrogen-bond acceptors (Lipinski definition) is 2. The monoisotopic (exact) mass is 248 g/mol. The highest BCUT2D eigenvalue weighted by atomic mass is 35.5. The van der Waals surface area contributed by atoms with E-state index >= 15 is 0 Å². The Bertz CT molecular complexity index is 227. The van der Waals surface area contributed by atoms with E-state index in [1.807, 2.05) is 6.92 Å². The molecule has 0 bridgehead atoms. The number of hydrogen-bond donors (Lipinski definition) is 2. The SMILES string of the molecule is CC(C)CC1(CNC(=O)C(C)CN)CC1.Cl. The van der Waals surface area contributed by atoms with Gasteiger partial charge in [0.25, 0.3) is 0 Å². The van der Waals surface area contributed by atoms with Crippen molar-refractivity contribution in [2.45, 2.75) is 40.0 Å². The van der Waals surface area contributed by atoms with E-state index in [2.05, 4.69) is 19.2 Å². The van der Waals surface area contributed by atoms with Crippen LogP contribution in [0, 0.1) is 17.3 Å². The second-order valence-electron chi connectivity index (χ2n) is 5.45. The minimum atomic E-state index is -0.0557. The molecule has 1 saturated carbocycles. The first-order valence-electron chi connectivity index (χ1n) is 5.97. The van der Waals surface area contributed by atoms with Crippen LogP contribution >= 0.6 is 12.4 Å². The van der Waals surface area contributed by atoms with Crippen molar-refractivity contribution in [3.8, 4) is 0 Å². The Morgan fingerprint density at radius 2 is 1.94 bits per heavy atom. The van der Waals surface area contributed by atoms with E-state index in [0.717, 1.165) is 12.5 Å². The number of nitrogens with two attached hydrogens (primary N) is 1. The molecule has 1 aliphatic rings.